The van der Waals surface area contributed by atoms with E-state index in [0.717, 1.165) is 34.7 Å². The van der Waals surface area contributed by atoms with Crippen molar-refractivity contribution in [2.24, 2.45) is 11.8 Å². The van der Waals surface area contributed by atoms with E-state index in [9.17, 15) is 24.6 Å². The van der Waals surface area contributed by atoms with Crippen LogP contribution in [0.1, 0.15) is 95.5 Å². The van der Waals surface area contributed by atoms with Crippen LogP contribution in [-0.4, -0.2) is 85.8 Å². The van der Waals surface area contributed by atoms with E-state index in [2.05, 4.69) is 26.6 Å². The van der Waals surface area contributed by atoms with Gasteiger partial charge in [0.05, 0.1) is 29.7 Å². The fourth-order valence-electron chi connectivity index (χ4n) is 6.85. The average molecular weight is 682 g/mol. The SMILES string of the molecule is CC(C)c1ncc(CN(C(=O)O)[C@H](C(=O)N[C@@H](Cc2ccccc2)[C@H](O)CN2CC3=CCCC[C@H]3C[C@H]2C(=O)NC(C)(C)C)C(C)C)s1. The van der Waals surface area contributed by atoms with Gasteiger partial charge in [-0.3, -0.25) is 19.4 Å². The Morgan fingerprint density at radius 3 is 2.44 bits per heavy atom. The number of aliphatic hydroxyl groups is 1. The summed E-state index contributed by atoms with van der Waals surface area (Å²) in [6.07, 6.45) is 5.98. The summed E-state index contributed by atoms with van der Waals surface area (Å²) in [5, 5.41) is 29.3. The van der Waals surface area contributed by atoms with E-state index in [1.807, 2.05) is 78.8 Å². The number of carbonyl (C=O) groups excluding carboxylic acids is 2. The maximum Gasteiger partial charge on any atom is 0.408 e. The summed E-state index contributed by atoms with van der Waals surface area (Å²) in [5.74, 6) is -0.284. The Labute approximate surface area is 290 Å². The lowest BCUT2D eigenvalue weighted by Gasteiger charge is -2.44. The maximum atomic E-state index is 14.1. The van der Waals surface area contributed by atoms with Gasteiger partial charge in [0.15, 0.2) is 0 Å². The van der Waals surface area contributed by atoms with Crippen molar-refractivity contribution >= 4 is 29.2 Å². The van der Waals surface area contributed by atoms with Gasteiger partial charge in [-0.25, -0.2) is 9.78 Å². The number of allylic oxidation sites excluding steroid dienone is 1. The lowest BCUT2D eigenvalue weighted by molar-refractivity contribution is -0.132. The van der Waals surface area contributed by atoms with Crippen LogP contribution in [0.25, 0.3) is 0 Å². The topological polar surface area (TPSA) is 135 Å². The molecule has 1 fully saturated rings. The predicted octanol–water partition coefficient (Wildman–Crippen LogP) is 5.58. The first-order valence-corrected chi connectivity index (χ1v) is 18.2. The number of carbonyl (C=O) groups is 3. The second kappa shape index (κ2) is 16.4. The van der Waals surface area contributed by atoms with Crippen molar-refractivity contribution in [2.75, 3.05) is 13.1 Å². The van der Waals surface area contributed by atoms with Gasteiger partial charge in [0.25, 0.3) is 0 Å². The Morgan fingerprint density at radius 1 is 1.12 bits per heavy atom. The number of likely N-dealkylation sites (tertiary alicyclic amines) is 1. The number of thiazole rings is 1. The van der Waals surface area contributed by atoms with Gasteiger partial charge in [0.2, 0.25) is 11.8 Å². The standard InChI is InChI=1S/C37H55N5O5S/c1-23(2)32(42(36(46)47)21-28-19-38-35(48-28)24(3)4)34(45)39-29(17-25-13-9-8-10-14-25)31(43)22-41-20-27-16-12-11-15-26(27)18-30(41)33(44)40-37(5,6)7/h8-10,13-14,16,19,23-24,26,29-32,43H,11-12,15,17-18,20-22H2,1-7H3,(H,39,45)(H,40,44)(H,46,47)/t26-,29-,30-,31+,32-/m0/s1. The Kier molecular flexibility index (Phi) is 12.8. The zero-order valence-corrected chi connectivity index (χ0v) is 30.4. The molecule has 1 aliphatic heterocycles. The minimum absolute atomic E-state index is 0.0382. The molecule has 11 heteroatoms. The number of β-amino-alcohol motifs (C(OH)–C–C–N with tert-alkyl or cyclic N) is 1. The van der Waals surface area contributed by atoms with E-state index in [4.69, 9.17) is 0 Å². The van der Waals surface area contributed by atoms with Crippen LogP contribution in [-0.2, 0) is 22.6 Å². The zero-order valence-electron chi connectivity index (χ0n) is 29.6. The van der Waals surface area contributed by atoms with Gasteiger partial charge in [0, 0.05) is 35.6 Å². The van der Waals surface area contributed by atoms with E-state index >= 15 is 0 Å². The molecule has 5 atom stereocenters. The first kappa shape index (κ1) is 37.5. The van der Waals surface area contributed by atoms with Crippen molar-refractivity contribution in [3.05, 3.63) is 63.6 Å². The van der Waals surface area contributed by atoms with Crippen LogP contribution in [0.3, 0.4) is 0 Å². The Balaban J connectivity index is 1.59. The molecule has 264 valence electrons. The number of hydrogen-bond acceptors (Lipinski definition) is 7. The molecule has 1 aromatic heterocycles. The Morgan fingerprint density at radius 2 is 1.83 bits per heavy atom. The fourth-order valence-corrected chi connectivity index (χ4v) is 7.77. The Bertz CT molecular complexity index is 1420. The van der Waals surface area contributed by atoms with E-state index in [1.54, 1.807) is 6.20 Å². The number of nitrogens with one attached hydrogen (secondary N) is 2. The molecule has 0 bridgehead atoms. The third kappa shape index (κ3) is 10.1. The number of nitrogens with zero attached hydrogens (tertiary/aromatic N) is 3. The molecule has 2 aromatic rings. The molecule has 0 radical (unpaired) electrons. The third-order valence-electron chi connectivity index (χ3n) is 9.21. The van der Waals surface area contributed by atoms with Crippen LogP contribution < -0.4 is 10.6 Å². The smallest absolute Gasteiger partial charge is 0.408 e. The van der Waals surface area contributed by atoms with Gasteiger partial charge in [0.1, 0.15) is 6.04 Å². The summed E-state index contributed by atoms with van der Waals surface area (Å²) >= 11 is 1.45. The number of aromatic nitrogens is 1. The molecular weight excluding hydrogens is 627 g/mol. The number of carboxylic acid groups (broad SMARTS) is 1. The number of rotatable bonds is 13. The molecule has 1 aliphatic carbocycles. The van der Waals surface area contributed by atoms with Crippen LogP contribution >= 0.6 is 11.3 Å². The fraction of sp³-hybridized carbons (Fsp3) is 0.622. The molecule has 0 unspecified atom stereocenters. The zero-order chi connectivity index (χ0) is 35.2. The molecule has 2 heterocycles. The summed E-state index contributed by atoms with van der Waals surface area (Å²) in [4.78, 5) is 48.8. The molecule has 1 saturated heterocycles. The maximum absolute atomic E-state index is 14.1. The highest BCUT2D eigenvalue weighted by Crippen LogP contribution is 2.35. The summed E-state index contributed by atoms with van der Waals surface area (Å²) in [6, 6.07) is 7.51. The average Bonchev–Trinajstić information content (AvgIpc) is 3.48. The van der Waals surface area contributed by atoms with Gasteiger partial charge in [-0.15, -0.1) is 11.3 Å². The van der Waals surface area contributed by atoms with Crippen molar-refractivity contribution in [3.63, 3.8) is 0 Å². The highest BCUT2D eigenvalue weighted by molar-refractivity contribution is 7.11. The van der Waals surface area contributed by atoms with E-state index in [1.165, 1.54) is 21.8 Å². The lowest BCUT2D eigenvalue weighted by Crippen LogP contribution is -2.60. The Hall–Kier alpha value is -3.28. The van der Waals surface area contributed by atoms with Crippen molar-refractivity contribution < 1.29 is 24.6 Å². The highest BCUT2D eigenvalue weighted by atomic mass is 32.1. The number of piperidine rings is 1. The van der Waals surface area contributed by atoms with Crippen molar-refractivity contribution in [1.29, 1.82) is 0 Å². The van der Waals surface area contributed by atoms with Crippen LogP contribution in [0.5, 0.6) is 0 Å². The molecule has 4 rings (SSSR count). The summed E-state index contributed by atoms with van der Waals surface area (Å²) in [5.41, 5.74) is 1.85. The van der Waals surface area contributed by atoms with Crippen LogP contribution in [0.15, 0.2) is 48.2 Å². The van der Waals surface area contributed by atoms with Gasteiger partial charge < -0.3 is 20.8 Å². The second-order valence-electron chi connectivity index (χ2n) is 15.1. The van der Waals surface area contributed by atoms with E-state index < -0.39 is 41.8 Å². The lowest BCUT2D eigenvalue weighted by atomic mass is 9.79. The minimum Gasteiger partial charge on any atom is -0.465 e. The number of aliphatic hydroxyl groups excluding tert-OH is 1. The van der Waals surface area contributed by atoms with Gasteiger partial charge in [-0.05, 0) is 70.3 Å². The first-order chi connectivity index (χ1) is 22.6. The highest BCUT2D eigenvalue weighted by Gasteiger charge is 2.40. The normalized spacial score (nSPS) is 20.4. The summed E-state index contributed by atoms with van der Waals surface area (Å²) in [7, 11) is 0. The quantitative estimate of drug-likeness (QED) is 0.203. The number of hydrogen-bond donors (Lipinski definition) is 4. The van der Waals surface area contributed by atoms with Crippen molar-refractivity contribution in [2.45, 2.75) is 123 Å². The van der Waals surface area contributed by atoms with Crippen molar-refractivity contribution in [1.82, 2.24) is 25.4 Å². The van der Waals surface area contributed by atoms with Crippen LogP contribution in [0.4, 0.5) is 4.79 Å². The monoisotopic (exact) mass is 681 g/mol. The number of fused-ring (bicyclic) bond motifs is 1. The molecule has 0 saturated carbocycles. The van der Waals surface area contributed by atoms with E-state index in [-0.39, 0.29) is 30.8 Å². The summed E-state index contributed by atoms with van der Waals surface area (Å²) in [6.45, 7) is 14.4. The predicted molar refractivity (Wildman–Crippen MR) is 190 cm³/mol. The molecule has 4 N–H and O–H groups in total. The molecule has 0 spiro atoms. The molecule has 48 heavy (non-hydrogen) atoms. The molecular formula is C37H55N5O5S. The second-order valence-corrected chi connectivity index (χ2v) is 16.3. The molecule has 2 aliphatic rings. The van der Waals surface area contributed by atoms with E-state index in [0.29, 0.717) is 25.3 Å². The molecule has 1 aromatic carbocycles. The van der Waals surface area contributed by atoms with Crippen LogP contribution in [0.2, 0.25) is 0 Å². The van der Waals surface area contributed by atoms with Gasteiger partial charge in [-0.1, -0.05) is 69.7 Å². The van der Waals surface area contributed by atoms with Gasteiger partial charge >= 0.3 is 6.09 Å². The van der Waals surface area contributed by atoms with Gasteiger partial charge in [-0.2, -0.15) is 0 Å². The number of benzene rings is 1. The van der Waals surface area contributed by atoms with Crippen molar-refractivity contribution in [3.8, 4) is 0 Å². The molecule has 10 nitrogen and oxygen atoms in total. The summed E-state index contributed by atoms with van der Waals surface area (Å²) < 4.78 is 0. The third-order valence-corrected chi connectivity index (χ3v) is 10.5. The van der Waals surface area contributed by atoms with Crippen LogP contribution in [0, 0.1) is 11.8 Å². The number of amides is 3. The minimum atomic E-state index is -1.19. The molecule has 3 amide bonds. The largest absolute Gasteiger partial charge is 0.465 e. The first-order valence-electron chi connectivity index (χ1n) is 17.3.